The molecule has 0 bridgehead atoms. The van der Waals surface area contributed by atoms with Crippen LogP contribution in [0.25, 0.3) is 5.57 Å². The molecule has 1 saturated heterocycles. The van der Waals surface area contributed by atoms with E-state index in [1.54, 1.807) is 0 Å². The van der Waals surface area contributed by atoms with Crippen molar-refractivity contribution in [2.24, 2.45) is 5.92 Å². The smallest absolute Gasteiger partial charge is 0.307 e. The molecule has 1 atom stereocenters. The molecule has 1 N–H and O–H groups in total. The lowest BCUT2D eigenvalue weighted by atomic mass is 9.91. The Kier molecular flexibility index (Phi) is 9.57. The number of ether oxygens (including phenoxy) is 1. The summed E-state index contributed by atoms with van der Waals surface area (Å²) < 4.78 is 5.92. The molecule has 0 saturated carbocycles. The SMILES string of the molecule is Cc1ccccc1C(=CCOCCN1CCCC(C(=O)O)C1)c1ccccc1C.Cl. The molecule has 0 aliphatic carbocycles. The molecule has 2 aromatic carbocycles. The molecule has 2 aromatic rings. The lowest BCUT2D eigenvalue weighted by Gasteiger charge is -2.30. The van der Waals surface area contributed by atoms with Crippen LogP contribution in [0.1, 0.15) is 35.1 Å². The minimum Gasteiger partial charge on any atom is -0.481 e. The molecular weight excluding hydrogens is 398 g/mol. The summed E-state index contributed by atoms with van der Waals surface area (Å²) in [5.41, 5.74) is 6.15. The van der Waals surface area contributed by atoms with E-state index in [1.807, 2.05) is 0 Å². The molecule has 1 aliphatic heterocycles. The third-order valence-electron chi connectivity index (χ3n) is 5.68. The highest BCUT2D eigenvalue weighted by Crippen LogP contribution is 2.28. The van der Waals surface area contributed by atoms with Gasteiger partial charge in [0.25, 0.3) is 0 Å². The van der Waals surface area contributed by atoms with Gasteiger partial charge < -0.3 is 14.7 Å². The molecule has 1 unspecified atom stereocenters. The van der Waals surface area contributed by atoms with Gasteiger partial charge in [0, 0.05) is 13.1 Å². The van der Waals surface area contributed by atoms with Gasteiger partial charge in [-0.3, -0.25) is 4.79 Å². The molecule has 1 fully saturated rings. The summed E-state index contributed by atoms with van der Waals surface area (Å²) in [6, 6.07) is 16.9. The Morgan fingerprint density at radius 1 is 1.10 bits per heavy atom. The summed E-state index contributed by atoms with van der Waals surface area (Å²) in [7, 11) is 0. The number of carboxylic acid groups (broad SMARTS) is 1. The van der Waals surface area contributed by atoms with Gasteiger partial charge in [-0.05, 0) is 61.1 Å². The number of hydrogen-bond acceptors (Lipinski definition) is 3. The van der Waals surface area contributed by atoms with Gasteiger partial charge in [-0.25, -0.2) is 0 Å². The Morgan fingerprint density at radius 3 is 2.27 bits per heavy atom. The van der Waals surface area contributed by atoms with Gasteiger partial charge >= 0.3 is 5.97 Å². The van der Waals surface area contributed by atoms with Crippen LogP contribution in [0.3, 0.4) is 0 Å². The summed E-state index contributed by atoms with van der Waals surface area (Å²) in [5.74, 6) is -0.919. The fourth-order valence-corrected chi connectivity index (χ4v) is 3.99. The second kappa shape index (κ2) is 11.9. The Labute approximate surface area is 186 Å². The average molecular weight is 430 g/mol. The van der Waals surface area contributed by atoms with Crippen molar-refractivity contribution in [1.82, 2.24) is 4.90 Å². The molecule has 1 aliphatic rings. The maximum absolute atomic E-state index is 11.2. The number of carbonyl (C=O) groups is 1. The van der Waals surface area contributed by atoms with Gasteiger partial charge in [-0.2, -0.15) is 0 Å². The van der Waals surface area contributed by atoms with Crippen LogP contribution in [-0.4, -0.2) is 48.8 Å². The number of carboxylic acids is 1. The van der Waals surface area contributed by atoms with E-state index >= 15 is 0 Å². The van der Waals surface area contributed by atoms with E-state index in [-0.39, 0.29) is 18.3 Å². The van der Waals surface area contributed by atoms with Crippen LogP contribution < -0.4 is 0 Å². The molecule has 0 radical (unpaired) electrons. The molecular formula is C25H32ClNO3. The maximum Gasteiger partial charge on any atom is 0.307 e. The summed E-state index contributed by atoms with van der Waals surface area (Å²) in [5, 5.41) is 9.22. The van der Waals surface area contributed by atoms with E-state index in [1.165, 1.54) is 27.8 Å². The zero-order valence-electron chi connectivity index (χ0n) is 17.8. The van der Waals surface area contributed by atoms with Crippen molar-refractivity contribution >= 4 is 23.9 Å². The minimum atomic E-state index is -0.681. The van der Waals surface area contributed by atoms with E-state index in [0.29, 0.717) is 19.8 Å². The number of nitrogens with zero attached hydrogens (tertiary/aromatic N) is 1. The Morgan fingerprint density at radius 2 is 1.70 bits per heavy atom. The first-order valence-electron chi connectivity index (χ1n) is 10.4. The molecule has 0 amide bonds. The second-order valence-corrected chi connectivity index (χ2v) is 7.80. The highest BCUT2D eigenvalue weighted by molar-refractivity contribution is 5.85. The van der Waals surface area contributed by atoms with Gasteiger partial charge in [-0.1, -0.05) is 54.6 Å². The number of likely N-dealkylation sites (tertiary alicyclic amines) is 1. The first-order chi connectivity index (χ1) is 14.1. The summed E-state index contributed by atoms with van der Waals surface area (Å²) in [6.07, 6.45) is 3.90. The lowest BCUT2D eigenvalue weighted by molar-refractivity contribution is -0.143. The van der Waals surface area contributed by atoms with E-state index < -0.39 is 5.97 Å². The van der Waals surface area contributed by atoms with Crippen LogP contribution in [0.2, 0.25) is 0 Å². The van der Waals surface area contributed by atoms with Crippen LogP contribution in [0.4, 0.5) is 0 Å². The fourth-order valence-electron chi connectivity index (χ4n) is 3.99. The van der Waals surface area contributed by atoms with Gasteiger partial charge in [0.15, 0.2) is 0 Å². The predicted octanol–water partition coefficient (Wildman–Crippen LogP) is 4.97. The molecule has 0 spiro atoms. The zero-order chi connectivity index (χ0) is 20.6. The number of aliphatic carboxylic acids is 1. The number of halogens is 1. The lowest BCUT2D eigenvalue weighted by Crippen LogP contribution is -2.40. The van der Waals surface area contributed by atoms with Gasteiger partial charge in [0.05, 0.1) is 19.1 Å². The predicted molar refractivity (Wildman–Crippen MR) is 124 cm³/mol. The number of benzene rings is 2. The monoisotopic (exact) mass is 429 g/mol. The third-order valence-corrected chi connectivity index (χ3v) is 5.68. The molecule has 3 rings (SSSR count). The van der Waals surface area contributed by atoms with Crippen molar-refractivity contribution in [1.29, 1.82) is 0 Å². The van der Waals surface area contributed by atoms with Crippen molar-refractivity contribution in [3.63, 3.8) is 0 Å². The normalized spacial score (nSPS) is 16.5. The average Bonchev–Trinajstić information content (AvgIpc) is 2.72. The fraction of sp³-hybridized carbons (Fsp3) is 0.400. The van der Waals surface area contributed by atoms with E-state index in [2.05, 4.69) is 73.4 Å². The number of aryl methyl sites for hydroxylation is 2. The van der Waals surface area contributed by atoms with Crippen LogP contribution in [-0.2, 0) is 9.53 Å². The molecule has 4 nitrogen and oxygen atoms in total. The number of piperidine rings is 1. The highest BCUT2D eigenvalue weighted by atomic mass is 35.5. The topological polar surface area (TPSA) is 49.8 Å². The highest BCUT2D eigenvalue weighted by Gasteiger charge is 2.24. The van der Waals surface area contributed by atoms with Crippen molar-refractivity contribution in [3.05, 3.63) is 76.9 Å². The summed E-state index contributed by atoms with van der Waals surface area (Å²) in [4.78, 5) is 13.4. The van der Waals surface area contributed by atoms with Crippen molar-refractivity contribution < 1.29 is 14.6 Å². The minimum absolute atomic E-state index is 0. The molecule has 162 valence electrons. The third kappa shape index (κ3) is 6.43. The molecule has 30 heavy (non-hydrogen) atoms. The first-order valence-corrected chi connectivity index (χ1v) is 10.4. The molecule has 5 heteroatoms. The number of rotatable bonds is 8. The van der Waals surface area contributed by atoms with Gasteiger partial charge in [-0.15, -0.1) is 12.4 Å². The Hall–Kier alpha value is -2.14. The summed E-state index contributed by atoms with van der Waals surface area (Å²) in [6.45, 7) is 7.79. The van der Waals surface area contributed by atoms with Gasteiger partial charge in [0.2, 0.25) is 0 Å². The second-order valence-electron chi connectivity index (χ2n) is 7.80. The zero-order valence-corrected chi connectivity index (χ0v) is 18.7. The van der Waals surface area contributed by atoms with E-state index in [0.717, 1.165) is 25.9 Å². The largest absolute Gasteiger partial charge is 0.481 e. The van der Waals surface area contributed by atoms with Crippen molar-refractivity contribution in [2.75, 3.05) is 32.8 Å². The van der Waals surface area contributed by atoms with Crippen LogP contribution >= 0.6 is 12.4 Å². The van der Waals surface area contributed by atoms with Crippen LogP contribution in [0, 0.1) is 19.8 Å². The molecule has 0 aromatic heterocycles. The van der Waals surface area contributed by atoms with Crippen molar-refractivity contribution in [2.45, 2.75) is 26.7 Å². The maximum atomic E-state index is 11.2. The van der Waals surface area contributed by atoms with Crippen molar-refractivity contribution in [3.8, 4) is 0 Å². The quantitative estimate of drug-likeness (QED) is 0.602. The van der Waals surface area contributed by atoms with E-state index in [9.17, 15) is 9.90 Å². The van der Waals surface area contributed by atoms with Gasteiger partial charge in [0.1, 0.15) is 0 Å². The van der Waals surface area contributed by atoms with E-state index in [4.69, 9.17) is 4.74 Å². The standard InChI is InChI=1S/C25H31NO3.ClH/c1-19-8-3-5-11-22(19)24(23-12-6-4-9-20(23)2)13-16-29-17-15-26-14-7-10-21(18-26)25(27)28;/h3-6,8-9,11-13,21H,7,10,14-18H2,1-2H3,(H,27,28);1H. The summed E-state index contributed by atoms with van der Waals surface area (Å²) >= 11 is 0. The Bertz CT molecular complexity index is 817. The van der Waals surface area contributed by atoms with Crippen LogP contribution in [0.15, 0.2) is 54.6 Å². The first kappa shape index (κ1) is 24.1. The van der Waals surface area contributed by atoms with Crippen LogP contribution in [0.5, 0.6) is 0 Å². The number of hydrogen-bond donors (Lipinski definition) is 1. The Balaban J connectivity index is 0.00000320. The molecule has 1 heterocycles.